The summed E-state index contributed by atoms with van der Waals surface area (Å²) in [6.07, 6.45) is 18.3. The molecule has 22 heteroatoms. The highest BCUT2D eigenvalue weighted by Crippen LogP contribution is 2.33. The van der Waals surface area contributed by atoms with Crippen LogP contribution in [0.25, 0.3) is 0 Å². The van der Waals surface area contributed by atoms with Crippen LogP contribution in [0.2, 0.25) is 5.02 Å². The highest BCUT2D eigenvalue weighted by molar-refractivity contribution is 8.00. The second-order valence-corrected chi connectivity index (χ2v) is 19.3. The van der Waals surface area contributed by atoms with E-state index >= 15 is 0 Å². The van der Waals surface area contributed by atoms with Gasteiger partial charge in [-0.15, -0.1) is 0 Å². The molecule has 1 aromatic carbocycles. The average molecular weight is 1040 g/mol. The fraction of sp³-hybridized carbons (Fsp3) is 0.580. The first-order valence-electron chi connectivity index (χ1n) is 25.0. The lowest BCUT2D eigenvalue weighted by molar-refractivity contribution is -0.123. The molecular formula is C50H72ClFN10O9S. The van der Waals surface area contributed by atoms with E-state index in [-0.39, 0.29) is 71.5 Å². The zero-order valence-electron chi connectivity index (χ0n) is 41.2. The Morgan fingerprint density at radius 3 is 2.24 bits per heavy atom. The van der Waals surface area contributed by atoms with Gasteiger partial charge in [-0.1, -0.05) is 36.2 Å². The lowest BCUT2D eigenvalue weighted by atomic mass is 10.0. The Balaban J connectivity index is 0.742. The summed E-state index contributed by atoms with van der Waals surface area (Å²) >= 11 is 7.75. The van der Waals surface area contributed by atoms with Gasteiger partial charge in [0.05, 0.1) is 49.6 Å². The van der Waals surface area contributed by atoms with E-state index in [9.17, 15) is 28.4 Å². The number of urea groups is 1. The number of amides is 6. The molecule has 2 fully saturated rings. The Kier molecular flexibility index (Phi) is 26.7. The minimum Gasteiger partial charge on any atom is -0.439 e. The maximum Gasteiger partial charge on any atom is 0.315 e. The van der Waals surface area contributed by atoms with Gasteiger partial charge >= 0.3 is 6.03 Å². The molecule has 5 rings (SSSR count). The van der Waals surface area contributed by atoms with Crippen molar-refractivity contribution in [2.24, 2.45) is 0 Å². The number of thioether (sulfide) groups is 1. The number of halogens is 2. The first kappa shape index (κ1) is 57.6. The van der Waals surface area contributed by atoms with Gasteiger partial charge in [-0.25, -0.2) is 19.2 Å². The van der Waals surface area contributed by atoms with Crippen molar-refractivity contribution in [3.63, 3.8) is 0 Å². The first-order chi connectivity index (χ1) is 35.0. The monoisotopic (exact) mass is 1040 g/mol. The number of anilines is 1. The fourth-order valence-electron chi connectivity index (χ4n) is 7.85. The zero-order chi connectivity index (χ0) is 51.2. The maximum atomic E-state index is 13.5. The Morgan fingerprint density at radius 1 is 0.847 bits per heavy atom. The third kappa shape index (κ3) is 23.5. The van der Waals surface area contributed by atoms with Gasteiger partial charge < -0.3 is 61.1 Å². The predicted octanol–water partition coefficient (Wildman–Crippen LogP) is 5.14. The van der Waals surface area contributed by atoms with Crippen LogP contribution in [0, 0.1) is 5.82 Å². The Morgan fingerprint density at radius 2 is 1.53 bits per heavy atom. The normalized spacial score (nSPS) is 18.1. The number of hydrogen-bond donors (Lipinski definition) is 7. The number of nitrogens with zero attached hydrogens (tertiary/aromatic N) is 3. The van der Waals surface area contributed by atoms with Gasteiger partial charge in [-0.3, -0.25) is 19.2 Å². The average Bonchev–Trinajstić information content (AvgIpc) is 3.91. The topological polar surface area (TPSA) is 235 Å². The molecule has 7 N–H and O–H groups in total. The number of carbonyl (C=O) groups is 5. The SMILES string of the molecule is CN(C/C=C/C(=O)NC1C=CC=C(Nc2cc(Oc3ccc(F)c(Cl)c3)ncn2)C1)CCCCNC(=O)CCCC(=O)NCCCOCCOCCOCCCNC(=O)CCCC[C@@H]1SC[C@@H]2NC(=O)NC21. The van der Waals surface area contributed by atoms with E-state index in [0.717, 1.165) is 56.5 Å². The quantitative estimate of drug-likeness (QED) is 0.0266. The lowest BCUT2D eigenvalue weighted by Crippen LogP contribution is -2.36. The van der Waals surface area contributed by atoms with Crippen LogP contribution in [0.1, 0.15) is 77.0 Å². The summed E-state index contributed by atoms with van der Waals surface area (Å²) in [6.45, 7) is 5.89. The molecule has 3 aliphatic rings. The fourth-order valence-corrected chi connectivity index (χ4v) is 9.57. The highest BCUT2D eigenvalue weighted by atomic mass is 35.5. The number of likely N-dealkylation sites (N-methyl/N-ethyl adjacent to an activating group) is 1. The van der Waals surface area contributed by atoms with E-state index in [1.165, 1.54) is 30.6 Å². The van der Waals surface area contributed by atoms with Crippen molar-refractivity contribution in [3.8, 4) is 11.6 Å². The first-order valence-corrected chi connectivity index (χ1v) is 26.4. The van der Waals surface area contributed by atoms with E-state index in [1.807, 2.05) is 43.1 Å². The van der Waals surface area contributed by atoms with Crippen molar-refractivity contribution in [1.82, 2.24) is 46.8 Å². The highest BCUT2D eigenvalue weighted by Gasteiger charge is 2.42. The third-order valence-corrected chi connectivity index (χ3v) is 13.4. The molecule has 1 aliphatic carbocycles. The summed E-state index contributed by atoms with van der Waals surface area (Å²) in [7, 11) is 1.97. The van der Waals surface area contributed by atoms with Crippen molar-refractivity contribution in [3.05, 3.63) is 77.5 Å². The van der Waals surface area contributed by atoms with Crippen molar-refractivity contribution < 1.29 is 47.3 Å². The molecular weight excluding hydrogens is 971 g/mol. The Labute approximate surface area is 431 Å². The van der Waals surface area contributed by atoms with E-state index in [0.29, 0.717) is 108 Å². The third-order valence-electron chi connectivity index (χ3n) is 11.6. The van der Waals surface area contributed by atoms with E-state index in [4.69, 9.17) is 30.5 Å². The minimum absolute atomic E-state index is 0.0571. The number of hydrogen-bond acceptors (Lipinski definition) is 14. The van der Waals surface area contributed by atoms with E-state index < -0.39 is 5.82 Å². The molecule has 3 heterocycles. The molecule has 6 amide bonds. The van der Waals surface area contributed by atoms with Crippen LogP contribution in [0.4, 0.5) is 15.0 Å². The van der Waals surface area contributed by atoms with Crippen LogP contribution >= 0.6 is 23.4 Å². The summed E-state index contributed by atoms with van der Waals surface area (Å²) in [5, 5.41) is 21.3. The summed E-state index contributed by atoms with van der Waals surface area (Å²) < 4.78 is 35.9. The molecule has 0 radical (unpaired) electrons. The number of benzene rings is 1. The van der Waals surface area contributed by atoms with E-state index in [1.54, 1.807) is 6.07 Å². The number of aromatic nitrogens is 2. The molecule has 2 aliphatic heterocycles. The van der Waals surface area contributed by atoms with Gasteiger partial charge in [0.15, 0.2) is 0 Å². The number of carbonyl (C=O) groups excluding carboxylic acids is 5. The Hall–Kier alpha value is -5.32. The van der Waals surface area contributed by atoms with E-state index in [2.05, 4.69) is 52.1 Å². The molecule has 1 aromatic heterocycles. The summed E-state index contributed by atoms with van der Waals surface area (Å²) in [5.74, 6) is 1.17. The second-order valence-electron chi connectivity index (χ2n) is 17.6. The Bertz CT molecular complexity index is 2120. The number of fused-ring (bicyclic) bond motifs is 1. The zero-order valence-corrected chi connectivity index (χ0v) is 42.8. The van der Waals surface area contributed by atoms with Crippen molar-refractivity contribution >= 4 is 58.8 Å². The molecule has 0 spiro atoms. The second kappa shape index (κ2) is 33.4. The van der Waals surface area contributed by atoms with Crippen LogP contribution in [0.5, 0.6) is 11.6 Å². The van der Waals surface area contributed by atoms with Crippen LogP contribution in [-0.4, -0.2) is 153 Å². The largest absolute Gasteiger partial charge is 0.439 e. The number of rotatable bonds is 36. The van der Waals surface area contributed by atoms with Gasteiger partial charge in [0.2, 0.25) is 29.5 Å². The van der Waals surface area contributed by atoms with Crippen LogP contribution in [0.15, 0.2) is 66.7 Å². The van der Waals surface area contributed by atoms with Gasteiger partial charge in [-0.2, -0.15) is 11.8 Å². The molecule has 396 valence electrons. The van der Waals surface area contributed by atoms with Crippen molar-refractivity contribution in [2.45, 2.75) is 100 Å². The number of ether oxygens (including phenoxy) is 4. The summed E-state index contributed by atoms with van der Waals surface area (Å²) in [6, 6.07) is 5.79. The van der Waals surface area contributed by atoms with Crippen LogP contribution in [-0.2, 0) is 33.4 Å². The molecule has 0 bridgehead atoms. The maximum absolute atomic E-state index is 13.5. The molecule has 2 aromatic rings. The van der Waals surface area contributed by atoms with Crippen LogP contribution < -0.4 is 42.0 Å². The molecule has 2 unspecified atom stereocenters. The van der Waals surface area contributed by atoms with Crippen LogP contribution in [0.3, 0.4) is 0 Å². The van der Waals surface area contributed by atoms with Gasteiger partial charge in [0.25, 0.3) is 0 Å². The molecule has 72 heavy (non-hydrogen) atoms. The molecule has 2 saturated heterocycles. The molecule has 0 saturated carbocycles. The lowest BCUT2D eigenvalue weighted by Gasteiger charge is -2.20. The van der Waals surface area contributed by atoms with Crippen molar-refractivity contribution in [1.29, 1.82) is 0 Å². The van der Waals surface area contributed by atoms with Crippen molar-refractivity contribution in [2.75, 3.05) is 90.5 Å². The van der Waals surface area contributed by atoms with Gasteiger partial charge in [0, 0.05) is 100.0 Å². The predicted molar refractivity (Wildman–Crippen MR) is 275 cm³/mol. The molecule has 4 atom stereocenters. The number of unbranched alkanes of at least 4 members (excludes halogenated alkanes) is 2. The summed E-state index contributed by atoms with van der Waals surface area (Å²) in [5.41, 5.74) is 0.832. The molecule has 19 nitrogen and oxygen atoms in total. The smallest absolute Gasteiger partial charge is 0.315 e. The number of nitrogens with one attached hydrogen (secondary N) is 7. The van der Waals surface area contributed by atoms with Gasteiger partial charge in [-0.05, 0) is 76.7 Å². The minimum atomic E-state index is -0.544. The van der Waals surface area contributed by atoms with Gasteiger partial charge in [0.1, 0.15) is 23.7 Å². The summed E-state index contributed by atoms with van der Waals surface area (Å²) in [4.78, 5) is 71.2. The number of allylic oxidation sites excluding steroid dienone is 2. The standard InChI is InChI=1S/C50H72ClFN10O9S/c1-62(24-8-17-47(66)59-37-12-6-11-36(31-37)58-43-33-48(57-35-56-43)71-38-18-19-40(52)39(51)32-38)23-5-4-20-53-45(64)15-7-16-46(65)55-22-10-26-69-28-30-70-29-27-68-25-9-21-54-44(63)14-3-2-13-42-49-41(34-72-42)60-50(67)61-49/h6,8,11-12,17-19,32-33,35,37,41-42,49H,2-5,7,9-10,13-16,20-31,34H2,1H3,(H,53,64)(H,54,63)(H,55,65)(H,59,66)(H,56,57,58)(H2,60,61,67)/b17-8+/t37?,41-,42-,49?/m0/s1.